The molecule has 4 rings (SSSR count). The fourth-order valence-electron chi connectivity index (χ4n) is 2.62. The van der Waals surface area contributed by atoms with Crippen molar-refractivity contribution >= 4 is 34.7 Å². The molecule has 0 aliphatic rings. The molecule has 0 unspecified atom stereocenters. The highest BCUT2D eigenvalue weighted by Gasteiger charge is 2.11. The molecule has 2 aromatic carbocycles. The Morgan fingerprint density at radius 3 is 2.70 bits per heavy atom. The summed E-state index contributed by atoms with van der Waals surface area (Å²) in [4.78, 5) is 20.9. The van der Waals surface area contributed by atoms with Crippen molar-refractivity contribution in [2.45, 2.75) is 22.9 Å². The molecule has 0 bridgehead atoms. The van der Waals surface area contributed by atoms with Crippen LogP contribution in [-0.4, -0.2) is 21.0 Å². The minimum atomic E-state index is -0.269. The van der Waals surface area contributed by atoms with E-state index in [2.05, 4.69) is 20.4 Å². The van der Waals surface area contributed by atoms with Gasteiger partial charge in [0.05, 0.1) is 11.4 Å². The van der Waals surface area contributed by atoms with Crippen molar-refractivity contribution < 1.29 is 13.7 Å². The quantitative estimate of drug-likeness (QED) is 0.380. The lowest BCUT2D eigenvalue weighted by molar-refractivity contribution is -0.116. The summed E-state index contributed by atoms with van der Waals surface area (Å²) < 4.78 is 19.1. The second-order valence-electron chi connectivity index (χ2n) is 6.31. The average Bonchev–Trinajstić information content (AvgIpc) is 3.42. The summed E-state index contributed by atoms with van der Waals surface area (Å²) in [6.07, 6.45) is 0.638. The van der Waals surface area contributed by atoms with Crippen LogP contribution in [0.25, 0.3) is 11.3 Å². The molecule has 0 atom stereocenters. The molecular weight excluding hydrogens is 423 g/mol. The minimum absolute atomic E-state index is 0.105. The van der Waals surface area contributed by atoms with E-state index in [0.29, 0.717) is 23.9 Å². The van der Waals surface area contributed by atoms with Crippen LogP contribution < -0.4 is 5.32 Å². The number of nitrogens with zero attached hydrogens (tertiary/aromatic N) is 3. The van der Waals surface area contributed by atoms with Crippen LogP contribution in [0, 0.1) is 5.82 Å². The summed E-state index contributed by atoms with van der Waals surface area (Å²) in [6.45, 7) is 0. The number of amides is 1. The SMILES string of the molecule is O=C(CCc1nc(CSc2nc(-c3ccc(F)cc3)cs2)no1)Nc1ccccc1. The summed E-state index contributed by atoms with van der Waals surface area (Å²) in [5, 5.41) is 8.72. The van der Waals surface area contributed by atoms with Gasteiger partial charge in [-0.15, -0.1) is 11.3 Å². The third-order valence-electron chi connectivity index (χ3n) is 4.08. The Labute approximate surface area is 180 Å². The molecule has 0 aliphatic carbocycles. The Morgan fingerprint density at radius 2 is 1.90 bits per heavy atom. The van der Waals surface area contributed by atoms with E-state index in [-0.39, 0.29) is 18.1 Å². The largest absolute Gasteiger partial charge is 0.339 e. The number of aryl methyl sites for hydroxylation is 1. The molecule has 0 saturated carbocycles. The summed E-state index contributed by atoms with van der Waals surface area (Å²) in [5.74, 6) is 1.12. The first-order valence-corrected chi connectivity index (χ1v) is 11.0. The third kappa shape index (κ3) is 5.52. The lowest BCUT2D eigenvalue weighted by atomic mass is 10.2. The van der Waals surface area contributed by atoms with Gasteiger partial charge in [0.1, 0.15) is 5.82 Å². The van der Waals surface area contributed by atoms with Crippen LogP contribution in [0.5, 0.6) is 0 Å². The predicted molar refractivity (Wildman–Crippen MR) is 115 cm³/mol. The topological polar surface area (TPSA) is 80.9 Å². The normalized spacial score (nSPS) is 10.8. The van der Waals surface area contributed by atoms with Crippen molar-refractivity contribution in [1.82, 2.24) is 15.1 Å². The van der Waals surface area contributed by atoms with Gasteiger partial charge in [-0.3, -0.25) is 4.79 Å². The molecule has 1 amide bonds. The van der Waals surface area contributed by atoms with E-state index < -0.39 is 0 Å². The number of hydrogen-bond acceptors (Lipinski definition) is 7. The van der Waals surface area contributed by atoms with E-state index in [1.807, 2.05) is 35.7 Å². The first-order chi connectivity index (χ1) is 14.7. The van der Waals surface area contributed by atoms with Gasteiger partial charge < -0.3 is 9.84 Å². The maximum absolute atomic E-state index is 13.0. The van der Waals surface area contributed by atoms with Gasteiger partial charge in [0.2, 0.25) is 11.8 Å². The number of nitrogens with one attached hydrogen (secondary N) is 1. The molecule has 0 aliphatic heterocycles. The molecule has 0 radical (unpaired) electrons. The van der Waals surface area contributed by atoms with Gasteiger partial charge in [-0.25, -0.2) is 9.37 Å². The molecule has 0 spiro atoms. The van der Waals surface area contributed by atoms with Crippen LogP contribution >= 0.6 is 23.1 Å². The zero-order valence-corrected chi connectivity index (χ0v) is 17.4. The predicted octanol–water partition coefficient (Wildman–Crippen LogP) is 5.20. The molecule has 0 saturated heterocycles. The van der Waals surface area contributed by atoms with Crippen molar-refractivity contribution in [3.63, 3.8) is 0 Å². The van der Waals surface area contributed by atoms with E-state index in [1.165, 1.54) is 35.2 Å². The Balaban J connectivity index is 1.26. The van der Waals surface area contributed by atoms with Crippen LogP contribution in [0.3, 0.4) is 0 Å². The smallest absolute Gasteiger partial charge is 0.227 e. The van der Waals surface area contributed by atoms with E-state index in [4.69, 9.17) is 4.52 Å². The fourth-order valence-corrected chi connectivity index (χ4v) is 4.30. The van der Waals surface area contributed by atoms with Gasteiger partial charge in [-0.1, -0.05) is 35.1 Å². The van der Waals surface area contributed by atoms with E-state index in [9.17, 15) is 9.18 Å². The fraction of sp³-hybridized carbons (Fsp3) is 0.143. The summed E-state index contributed by atoms with van der Waals surface area (Å²) in [6, 6.07) is 15.5. The molecule has 1 N–H and O–H groups in total. The number of carbonyl (C=O) groups is 1. The lowest BCUT2D eigenvalue weighted by Crippen LogP contribution is -2.12. The van der Waals surface area contributed by atoms with Crippen LogP contribution in [0.4, 0.5) is 10.1 Å². The molecule has 2 aromatic heterocycles. The molecule has 9 heteroatoms. The highest BCUT2D eigenvalue weighted by atomic mass is 32.2. The number of rotatable bonds is 8. The number of halogens is 1. The van der Waals surface area contributed by atoms with Crippen molar-refractivity contribution in [1.29, 1.82) is 0 Å². The zero-order chi connectivity index (χ0) is 20.8. The average molecular weight is 441 g/mol. The number of para-hydroxylation sites is 1. The second-order valence-corrected chi connectivity index (χ2v) is 8.39. The maximum atomic E-state index is 13.0. The van der Waals surface area contributed by atoms with E-state index >= 15 is 0 Å². The monoisotopic (exact) mass is 440 g/mol. The van der Waals surface area contributed by atoms with Gasteiger partial charge in [-0.05, 0) is 36.4 Å². The summed E-state index contributed by atoms with van der Waals surface area (Å²) in [5.41, 5.74) is 2.43. The van der Waals surface area contributed by atoms with Gasteiger partial charge in [0.25, 0.3) is 0 Å². The second kappa shape index (κ2) is 9.64. The number of aromatic nitrogens is 3. The Morgan fingerprint density at radius 1 is 1.10 bits per heavy atom. The van der Waals surface area contributed by atoms with Crippen molar-refractivity contribution in [2.24, 2.45) is 0 Å². The minimum Gasteiger partial charge on any atom is -0.339 e. The molecule has 152 valence electrons. The third-order valence-corrected chi connectivity index (χ3v) is 6.10. The van der Waals surface area contributed by atoms with E-state index in [0.717, 1.165) is 21.3 Å². The molecular formula is C21H17FN4O2S2. The molecule has 2 heterocycles. The zero-order valence-electron chi connectivity index (χ0n) is 15.7. The molecule has 30 heavy (non-hydrogen) atoms. The highest BCUT2D eigenvalue weighted by molar-refractivity contribution is 8.00. The number of thioether (sulfide) groups is 1. The first kappa shape index (κ1) is 20.2. The number of thiazole rings is 1. The lowest BCUT2D eigenvalue weighted by Gasteiger charge is -2.02. The van der Waals surface area contributed by atoms with Crippen LogP contribution in [0.15, 0.2) is 68.8 Å². The maximum Gasteiger partial charge on any atom is 0.227 e. The number of anilines is 1. The van der Waals surface area contributed by atoms with Crippen LogP contribution in [0.1, 0.15) is 18.1 Å². The van der Waals surface area contributed by atoms with Crippen molar-refractivity contribution in [3.8, 4) is 11.3 Å². The summed E-state index contributed by atoms with van der Waals surface area (Å²) >= 11 is 3.01. The Hall–Kier alpha value is -3.04. The first-order valence-electron chi connectivity index (χ1n) is 9.16. The number of carbonyl (C=O) groups excluding carboxylic acids is 1. The molecule has 0 fully saturated rings. The summed E-state index contributed by atoms with van der Waals surface area (Å²) in [7, 11) is 0. The van der Waals surface area contributed by atoms with Crippen LogP contribution in [-0.2, 0) is 17.0 Å². The Bertz CT molecular complexity index is 1110. The number of hydrogen-bond donors (Lipinski definition) is 1. The van der Waals surface area contributed by atoms with E-state index in [1.54, 1.807) is 12.1 Å². The number of benzene rings is 2. The Kier molecular flexibility index (Phi) is 6.50. The van der Waals surface area contributed by atoms with Gasteiger partial charge in [0.15, 0.2) is 10.2 Å². The van der Waals surface area contributed by atoms with Gasteiger partial charge in [-0.2, -0.15) is 4.98 Å². The van der Waals surface area contributed by atoms with Crippen LogP contribution in [0.2, 0.25) is 0 Å². The van der Waals surface area contributed by atoms with Crippen molar-refractivity contribution in [2.75, 3.05) is 5.32 Å². The molecule has 6 nitrogen and oxygen atoms in total. The standard InChI is InChI=1S/C21H17FN4O2S2/c22-15-8-6-14(7-9-15)17-12-29-21(24-17)30-13-18-25-20(28-26-18)11-10-19(27)23-16-4-2-1-3-5-16/h1-9,12H,10-11,13H2,(H,23,27). The van der Waals surface area contributed by atoms with Gasteiger partial charge in [0, 0.05) is 29.5 Å². The molecule has 4 aromatic rings. The van der Waals surface area contributed by atoms with Crippen molar-refractivity contribution in [3.05, 3.63) is 77.5 Å². The van der Waals surface area contributed by atoms with Gasteiger partial charge >= 0.3 is 0 Å². The highest BCUT2D eigenvalue weighted by Crippen LogP contribution is 2.30.